The average Bonchev–Trinajstić information content (AvgIpc) is 2.37. The molecule has 1 aromatic carbocycles. The summed E-state index contributed by atoms with van der Waals surface area (Å²) in [5.41, 5.74) is 7.18. The number of hydrogen-bond acceptors (Lipinski definition) is 2. The molecule has 2 unspecified atom stereocenters. The standard InChI is InChI=1S/C16H27ClN2/c1-12(2)9-14(10-18)11-19(4)13(3)15-5-7-16(17)8-6-15/h5-8,12-14H,9-11,18H2,1-4H3. The first-order valence-electron chi connectivity index (χ1n) is 7.09. The second-order valence-corrected chi connectivity index (χ2v) is 6.33. The van der Waals surface area contributed by atoms with E-state index in [4.69, 9.17) is 17.3 Å². The molecule has 0 radical (unpaired) electrons. The van der Waals surface area contributed by atoms with Crippen molar-refractivity contribution in [1.82, 2.24) is 4.90 Å². The van der Waals surface area contributed by atoms with E-state index in [1.54, 1.807) is 0 Å². The lowest BCUT2D eigenvalue weighted by molar-refractivity contribution is 0.207. The zero-order chi connectivity index (χ0) is 14.4. The Morgan fingerprint density at radius 2 is 1.74 bits per heavy atom. The summed E-state index contributed by atoms with van der Waals surface area (Å²) in [5.74, 6) is 1.27. The predicted molar refractivity (Wildman–Crippen MR) is 84.5 cm³/mol. The molecule has 1 aromatic rings. The first-order chi connectivity index (χ1) is 8.93. The van der Waals surface area contributed by atoms with E-state index in [2.05, 4.69) is 44.9 Å². The van der Waals surface area contributed by atoms with Gasteiger partial charge in [0.05, 0.1) is 0 Å². The highest BCUT2D eigenvalue weighted by atomic mass is 35.5. The number of hydrogen-bond donors (Lipinski definition) is 1. The van der Waals surface area contributed by atoms with E-state index in [9.17, 15) is 0 Å². The van der Waals surface area contributed by atoms with Crippen molar-refractivity contribution in [2.45, 2.75) is 33.2 Å². The van der Waals surface area contributed by atoms with Gasteiger partial charge in [0.15, 0.2) is 0 Å². The quantitative estimate of drug-likeness (QED) is 0.820. The lowest BCUT2D eigenvalue weighted by Gasteiger charge is -2.29. The molecule has 108 valence electrons. The van der Waals surface area contributed by atoms with Crippen LogP contribution in [0.25, 0.3) is 0 Å². The molecule has 0 bridgehead atoms. The molecule has 3 heteroatoms. The Labute approximate surface area is 122 Å². The molecule has 0 spiro atoms. The van der Waals surface area contributed by atoms with Gasteiger partial charge in [0.25, 0.3) is 0 Å². The Morgan fingerprint density at radius 3 is 2.21 bits per heavy atom. The van der Waals surface area contributed by atoms with Crippen LogP contribution in [0, 0.1) is 11.8 Å². The minimum absolute atomic E-state index is 0.387. The molecule has 2 nitrogen and oxygen atoms in total. The van der Waals surface area contributed by atoms with Gasteiger partial charge in [-0.15, -0.1) is 0 Å². The summed E-state index contributed by atoms with van der Waals surface area (Å²) in [7, 11) is 2.17. The maximum atomic E-state index is 5.93. The second-order valence-electron chi connectivity index (χ2n) is 5.90. The maximum absolute atomic E-state index is 5.93. The largest absolute Gasteiger partial charge is 0.330 e. The summed E-state index contributed by atoms with van der Waals surface area (Å²) in [6.45, 7) is 8.54. The number of nitrogens with zero attached hydrogens (tertiary/aromatic N) is 1. The molecular weight excluding hydrogens is 256 g/mol. The SMILES string of the molecule is CC(C)CC(CN)CN(C)C(C)c1ccc(Cl)cc1. The van der Waals surface area contributed by atoms with Crippen molar-refractivity contribution in [3.8, 4) is 0 Å². The van der Waals surface area contributed by atoms with Crippen LogP contribution in [0.5, 0.6) is 0 Å². The van der Waals surface area contributed by atoms with Gasteiger partial charge >= 0.3 is 0 Å². The van der Waals surface area contributed by atoms with Gasteiger partial charge in [0.1, 0.15) is 0 Å². The van der Waals surface area contributed by atoms with Crippen molar-refractivity contribution in [2.24, 2.45) is 17.6 Å². The van der Waals surface area contributed by atoms with Crippen LogP contribution in [0.4, 0.5) is 0 Å². The Balaban J connectivity index is 2.60. The van der Waals surface area contributed by atoms with Crippen molar-refractivity contribution in [2.75, 3.05) is 20.1 Å². The smallest absolute Gasteiger partial charge is 0.0406 e. The third kappa shape index (κ3) is 5.52. The van der Waals surface area contributed by atoms with Gasteiger partial charge in [-0.3, -0.25) is 4.90 Å². The minimum Gasteiger partial charge on any atom is -0.330 e. The van der Waals surface area contributed by atoms with Crippen molar-refractivity contribution in [3.63, 3.8) is 0 Å². The summed E-state index contributed by atoms with van der Waals surface area (Å²) in [6, 6.07) is 8.50. The van der Waals surface area contributed by atoms with Crippen molar-refractivity contribution < 1.29 is 0 Å². The highest BCUT2D eigenvalue weighted by Gasteiger charge is 2.17. The molecular formula is C16H27ClN2. The summed E-state index contributed by atoms with van der Waals surface area (Å²) in [5, 5.41) is 0.790. The fourth-order valence-corrected chi connectivity index (χ4v) is 2.60. The van der Waals surface area contributed by atoms with Crippen LogP contribution in [0.2, 0.25) is 5.02 Å². The summed E-state index contributed by atoms with van der Waals surface area (Å²) in [6.07, 6.45) is 1.19. The molecule has 0 fully saturated rings. The molecule has 2 atom stereocenters. The van der Waals surface area contributed by atoms with Gasteiger partial charge in [-0.25, -0.2) is 0 Å². The topological polar surface area (TPSA) is 29.3 Å². The van der Waals surface area contributed by atoms with E-state index in [-0.39, 0.29) is 0 Å². The average molecular weight is 283 g/mol. The molecule has 1 rings (SSSR count). The van der Waals surface area contributed by atoms with Gasteiger partial charge in [-0.2, -0.15) is 0 Å². The molecule has 0 aliphatic carbocycles. The lowest BCUT2D eigenvalue weighted by Crippen LogP contribution is -2.32. The molecule has 2 N–H and O–H groups in total. The molecule has 0 aliphatic rings. The molecule has 0 saturated carbocycles. The third-order valence-electron chi connectivity index (χ3n) is 3.70. The van der Waals surface area contributed by atoms with Crippen LogP contribution in [0.1, 0.15) is 38.8 Å². The normalized spacial score (nSPS) is 14.9. The van der Waals surface area contributed by atoms with E-state index in [1.807, 2.05) is 12.1 Å². The second kappa shape index (κ2) is 7.88. The van der Waals surface area contributed by atoms with Gasteiger partial charge in [0.2, 0.25) is 0 Å². The first-order valence-corrected chi connectivity index (χ1v) is 7.47. The highest BCUT2D eigenvalue weighted by molar-refractivity contribution is 6.30. The Hall–Kier alpha value is -0.570. The predicted octanol–water partition coefficient (Wildman–Crippen LogP) is 3.95. The fourth-order valence-electron chi connectivity index (χ4n) is 2.47. The van der Waals surface area contributed by atoms with Crippen LogP contribution in [0.15, 0.2) is 24.3 Å². The van der Waals surface area contributed by atoms with E-state index in [0.717, 1.165) is 18.1 Å². The van der Waals surface area contributed by atoms with E-state index in [0.29, 0.717) is 17.9 Å². The number of nitrogens with two attached hydrogens (primary N) is 1. The van der Waals surface area contributed by atoms with Gasteiger partial charge in [-0.1, -0.05) is 37.6 Å². The molecule has 0 aliphatic heterocycles. The van der Waals surface area contributed by atoms with Crippen molar-refractivity contribution >= 4 is 11.6 Å². The van der Waals surface area contributed by atoms with Crippen LogP contribution in [0.3, 0.4) is 0 Å². The monoisotopic (exact) mass is 282 g/mol. The summed E-state index contributed by atoms with van der Waals surface area (Å²) in [4.78, 5) is 2.38. The van der Waals surface area contributed by atoms with Crippen molar-refractivity contribution in [1.29, 1.82) is 0 Å². The van der Waals surface area contributed by atoms with Crippen LogP contribution < -0.4 is 5.73 Å². The summed E-state index contributed by atoms with van der Waals surface area (Å²) >= 11 is 5.93. The van der Waals surface area contributed by atoms with Crippen LogP contribution in [-0.4, -0.2) is 25.0 Å². The highest BCUT2D eigenvalue weighted by Crippen LogP contribution is 2.22. The van der Waals surface area contributed by atoms with Crippen molar-refractivity contribution in [3.05, 3.63) is 34.9 Å². The number of halogens is 1. The van der Waals surface area contributed by atoms with Gasteiger partial charge < -0.3 is 5.73 Å². The van der Waals surface area contributed by atoms with E-state index in [1.165, 1.54) is 12.0 Å². The Morgan fingerprint density at radius 1 is 1.16 bits per heavy atom. The Bertz CT molecular complexity index is 362. The lowest BCUT2D eigenvalue weighted by atomic mass is 9.96. The third-order valence-corrected chi connectivity index (χ3v) is 3.95. The molecule has 0 heterocycles. The van der Waals surface area contributed by atoms with Gasteiger partial charge in [0, 0.05) is 17.6 Å². The minimum atomic E-state index is 0.387. The van der Waals surface area contributed by atoms with Crippen LogP contribution in [-0.2, 0) is 0 Å². The summed E-state index contributed by atoms with van der Waals surface area (Å²) < 4.78 is 0. The number of rotatable bonds is 7. The van der Waals surface area contributed by atoms with E-state index >= 15 is 0 Å². The fraction of sp³-hybridized carbons (Fsp3) is 0.625. The maximum Gasteiger partial charge on any atom is 0.0406 e. The zero-order valence-electron chi connectivity index (χ0n) is 12.6. The Kier molecular flexibility index (Phi) is 6.84. The van der Waals surface area contributed by atoms with Crippen LogP contribution >= 0.6 is 11.6 Å². The van der Waals surface area contributed by atoms with E-state index < -0.39 is 0 Å². The number of benzene rings is 1. The molecule has 0 saturated heterocycles. The first kappa shape index (κ1) is 16.5. The zero-order valence-corrected chi connectivity index (χ0v) is 13.3. The molecule has 19 heavy (non-hydrogen) atoms. The molecule has 0 aromatic heterocycles. The van der Waals surface area contributed by atoms with Gasteiger partial charge in [-0.05, 0) is 56.5 Å². The molecule has 0 amide bonds.